The number of pyridine rings is 1. The molecule has 1 nitrogen and oxygen atoms in total. The maximum Gasteiger partial charge on any atom is 0.0267 e. The fraction of sp³-hybridized carbons (Fsp3) is 0.280. The van der Waals surface area contributed by atoms with Crippen LogP contribution in [0.2, 0.25) is 13.1 Å². The summed E-state index contributed by atoms with van der Waals surface area (Å²) in [5.74, 6) is 0.560. The van der Waals surface area contributed by atoms with E-state index in [-0.39, 0.29) is 30.2 Å². The molecule has 1 unspecified atom stereocenters. The van der Waals surface area contributed by atoms with Gasteiger partial charge in [0.25, 0.3) is 0 Å². The molecule has 0 N–H and O–H groups in total. The van der Waals surface area contributed by atoms with Gasteiger partial charge in [0.2, 0.25) is 0 Å². The molecule has 1 heterocycles. The molecule has 0 amide bonds. The summed E-state index contributed by atoms with van der Waals surface area (Å²) in [5.41, 5.74) is 6.90. The third-order valence-electron chi connectivity index (χ3n) is 4.89. The summed E-state index contributed by atoms with van der Waals surface area (Å²) in [5, 5.41) is 2.59. The van der Waals surface area contributed by atoms with Crippen molar-refractivity contribution in [2.75, 3.05) is 0 Å². The van der Waals surface area contributed by atoms with Gasteiger partial charge < -0.3 is 0 Å². The molecule has 0 bridgehead atoms. The van der Waals surface area contributed by atoms with Crippen LogP contribution in [0.1, 0.15) is 27.7 Å². The molecule has 0 radical (unpaired) electrons. The average molecular weight is 536 g/mol. The summed E-state index contributed by atoms with van der Waals surface area (Å²) in [6, 6.07) is 16.8. The molecule has 1 aliphatic rings. The fourth-order valence-electron chi connectivity index (χ4n) is 3.09. The molecule has 0 fully saturated rings. The summed E-state index contributed by atoms with van der Waals surface area (Å²) in [4.78, 5) is 4.15. The van der Waals surface area contributed by atoms with Crippen LogP contribution in [0.5, 0.6) is 0 Å². The normalized spacial score (nSPS) is 14.4. The van der Waals surface area contributed by atoms with Crippen molar-refractivity contribution in [3.05, 3.63) is 83.7 Å². The predicted octanol–water partition coefficient (Wildman–Crippen LogP) is 7.97. The quantitative estimate of drug-likeness (QED) is 0.227. The van der Waals surface area contributed by atoms with E-state index < -0.39 is 0 Å². The summed E-state index contributed by atoms with van der Waals surface area (Å²) in [7, 11) is 0. The molecule has 2 aromatic carbocycles. The van der Waals surface area contributed by atoms with E-state index in [9.17, 15) is 0 Å². The fourth-order valence-corrected chi connectivity index (χ4v) is 3.09. The first-order valence-electron chi connectivity index (χ1n) is 9.65. The van der Waals surface area contributed by atoms with Crippen LogP contribution in [0.3, 0.4) is 0 Å². The largest absolute Gasteiger partial charge is 0.265 e. The zero-order valence-electron chi connectivity index (χ0n) is 18.6. The van der Waals surface area contributed by atoms with Crippen LogP contribution < -0.4 is 0 Å². The van der Waals surface area contributed by atoms with E-state index in [1.165, 1.54) is 38.6 Å². The Hall–Kier alpha value is -0.860. The van der Waals surface area contributed by atoms with Gasteiger partial charge in [-0.05, 0) is 11.6 Å². The molecule has 0 saturated carbocycles. The van der Waals surface area contributed by atoms with Gasteiger partial charge in [0.05, 0.1) is 0 Å². The Bertz CT molecular complexity index is 1000. The van der Waals surface area contributed by atoms with E-state index in [4.69, 9.17) is 0 Å². The van der Waals surface area contributed by atoms with E-state index in [1.807, 2.05) is 12.3 Å². The van der Waals surface area contributed by atoms with E-state index in [2.05, 4.69) is 94.3 Å². The van der Waals surface area contributed by atoms with Gasteiger partial charge in [-0.25, -0.2) is 5.57 Å². The molecular formula is C25H31Cl2NSiZr. The molecule has 0 saturated heterocycles. The van der Waals surface area contributed by atoms with Crippen LogP contribution in [0.4, 0.5) is 0 Å². The SMILES string of the molecule is CC1=[C-]C(C)C(C)=C1C.C[Si](C)=[Zr+2].Cl.Cl.c1cncc(-c2c[cH-]c3ccccc23)c1. The van der Waals surface area contributed by atoms with Crippen molar-refractivity contribution in [3.63, 3.8) is 0 Å². The number of aromatic nitrogens is 1. The topological polar surface area (TPSA) is 12.9 Å². The van der Waals surface area contributed by atoms with Gasteiger partial charge in [0.1, 0.15) is 0 Å². The monoisotopic (exact) mass is 533 g/mol. The van der Waals surface area contributed by atoms with Crippen molar-refractivity contribution in [2.24, 2.45) is 5.92 Å². The summed E-state index contributed by atoms with van der Waals surface area (Å²) in [6.45, 7) is 13.3. The number of nitrogens with zero attached hydrogens (tertiary/aromatic N) is 1. The second kappa shape index (κ2) is 14.2. The maximum absolute atomic E-state index is 4.15. The first-order valence-corrected chi connectivity index (χ1v) is 15.8. The Kier molecular flexibility index (Phi) is 13.8. The first-order chi connectivity index (χ1) is 13.3. The minimum atomic E-state index is 0. The Morgan fingerprint density at radius 2 is 1.67 bits per heavy atom. The van der Waals surface area contributed by atoms with Gasteiger partial charge in [-0.15, -0.1) is 78.4 Å². The van der Waals surface area contributed by atoms with Crippen LogP contribution in [-0.4, -0.2) is 10.4 Å². The van der Waals surface area contributed by atoms with E-state index >= 15 is 0 Å². The standard InChI is InChI=1S/C14H10N.C9H13.C2H6Si.2ClH.Zr/c1-2-6-13-11(4-1)7-8-14(13)12-5-3-9-15-10-12;1-6-5-7(2)9(4)8(6)3;1-3-2;;;/h1-10H;6H,1-4H3;1-2H3;2*1H;/q2*-1;;;;+2. The number of fused-ring (bicyclic) bond motifs is 1. The molecular weight excluding hydrogens is 504 g/mol. The third-order valence-corrected chi connectivity index (χ3v) is 4.89. The van der Waals surface area contributed by atoms with Crippen molar-refractivity contribution in [2.45, 2.75) is 40.8 Å². The van der Waals surface area contributed by atoms with Crippen molar-refractivity contribution in [1.82, 2.24) is 4.98 Å². The number of benzene rings is 1. The van der Waals surface area contributed by atoms with Gasteiger partial charge in [-0.2, -0.15) is 11.1 Å². The van der Waals surface area contributed by atoms with Crippen molar-refractivity contribution in [1.29, 1.82) is 0 Å². The van der Waals surface area contributed by atoms with Gasteiger partial charge in [-0.3, -0.25) is 11.1 Å². The summed E-state index contributed by atoms with van der Waals surface area (Å²) < 4.78 is 0. The van der Waals surface area contributed by atoms with Crippen molar-refractivity contribution >= 4 is 41.0 Å². The van der Waals surface area contributed by atoms with Gasteiger partial charge >= 0.3 is 41.9 Å². The molecule has 4 rings (SSSR count). The first kappa shape index (κ1) is 29.1. The molecule has 1 atom stereocenters. The van der Waals surface area contributed by atoms with Crippen LogP contribution in [-0.2, 0) is 23.3 Å². The molecule has 0 spiro atoms. The third kappa shape index (κ3) is 8.35. The van der Waals surface area contributed by atoms with E-state index in [1.54, 1.807) is 29.5 Å². The summed E-state index contributed by atoms with van der Waals surface area (Å²) in [6.07, 6.45) is 7.06. The second-order valence-electron chi connectivity index (χ2n) is 7.37. The Balaban J connectivity index is 0.000000486. The predicted molar refractivity (Wildman–Crippen MR) is 135 cm³/mol. The van der Waals surface area contributed by atoms with E-state index in [0.29, 0.717) is 5.92 Å². The average Bonchev–Trinajstić information content (AvgIpc) is 3.20. The maximum atomic E-state index is 4.15. The number of allylic oxidation sites excluding steroid dienone is 4. The zero-order valence-corrected chi connectivity index (χ0v) is 23.7. The smallest absolute Gasteiger partial charge is 0.0267 e. The molecule has 1 aliphatic carbocycles. The molecule has 30 heavy (non-hydrogen) atoms. The number of rotatable bonds is 1. The number of halogens is 2. The minimum absolute atomic E-state index is 0. The van der Waals surface area contributed by atoms with Gasteiger partial charge in [-0.1, -0.05) is 38.8 Å². The molecule has 0 aliphatic heterocycles. The Morgan fingerprint density at radius 3 is 2.13 bits per heavy atom. The van der Waals surface area contributed by atoms with Crippen LogP contribution in [0.25, 0.3) is 21.9 Å². The molecule has 3 aromatic rings. The minimum Gasteiger partial charge on any atom is -0.265 e. The van der Waals surface area contributed by atoms with Crippen LogP contribution in [0.15, 0.2) is 77.6 Å². The molecule has 5 heteroatoms. The van der Waals surface area contributed by atoms with Crippen LogP contribution in [0, 0.1) is 12.0 Å². The number of hydrogen-bond acceptors (Lipinski definition) is 1. The van der Waals surface area contributed by atoms with Crippen molar-refractivity contribution < 1.29 is 23.3 Å². The molecule has 158 valence electrons. The Labute approximate surface area is 209 Å². The molecule has 1 aromatic heterocycles. The van der Waals surface area contributed by atoms with E-state index in [0.717, 1.165) is 0 Å². The summed E-state index contributed by atoms with van der Waals surface area (Å²) >= 11 is 1.74. The van der Waals surface area contributed by atoms with Crippen LogP contribution >= 0.6 is 24.8 Å². The second-order valence-corrected chi connectivity index (χ2v) is 16.7. The van der Waals surface area contributed by atoms with Crippen molar-refractivity contribution in [3.8, 4) is 11.1 Å². The number of hydrogen-bond donors (Lipinski definition) is 0. The Morgan fingerprint density at radius 1 is 1.03 bits per heavy atom. The van der Waals surface area contributed by atoms with Gasteiger partial charge in [0.15, 0.2) is 0 Å². The zero-order chi connectivity index (χ0) is 20.7. The van der Waals surface area contributed by atoms with Gasteiger partial charge in [0, 0.05) is 12.4 Å².